The van der Waals surface area contributed by atoms with E-state index in [0.717, 1.165) is 4.88 Å². The zero-order valence-corrected chi connectivity index (χ0v) is 13.7. The van der Waals surface area contributed by atoms with E-state index in [2.05, 4.69) is 20.6 Å². The van der Waals surface area contributed by atoms with Crippen molar-refractivity contribution in [1.82, 2.24) is 20.0 Å². The van der Waals surface area contributed by atoms with Gasteiger partial charge in [0.2, 0.25) is 5.91 Å². The Kier molecular flexibility index (Phi) is 5.16. The van der Waals surface area contributed by atoms with Gasteiger partial charge < -0.3 is 5.32 Å². The molecule has 0 fully saturated rings. The van der Waals surface area contributed by atoms with Crippen molar-refractivity contribution < 1.29 is 13.6 Å². The van der Waals surface area contributed by atoms with Gasteiger partial charge in [-0.05, 0) is 24.3 Å². The highest BCUT2D eigenvalue weighted by Gasteiger charge is 2.09. The van der Waals surface area contributed by atoms with Gasteiger partial charge in [-0.3, -0.25) is 9.78 Å². The second kappa shape index (κ2) is 7.49. The topological polar surface area (TPSA) is 72.7 Å². The summed E-state index contributed by atoms with van der Waals surface area (Å²) < 4.78 is 25.9. The Bertz CT molecular complexity index is 805. The number of benzene rings is 1. The lowest BCUT2D eigenvalue weighted by Gasteiger charge is -2.06. The molecule has 3 aromatic rings. The van der Waals surface area contributed by atoms with Crippen LogP contribution in [-0.4, -0.2) is 31.6 Å². The van der Waals surface area contributed by atoms with E-state index < -0.39 is 5.76 Å². The minimum absolute atomic E-state index is 0.000655. The maximum Gasteiger partial charge on any atom is 0.288 e. The number of hydrogen-bond acceptors (Lipinski definition) is 6. The molecule has 0 aliphatic heterocycles. The van der Waals surface area contributed by atoms with E-state index in [9.17, 15) is 13.6 Å². The molecule has 0 saturated carbocycles. The molecule has 1 aromatic carbocycles. The van der Waals surface area contributed by atoms with Crippen LogP contribution in [0.1, 0.15) is 0 Å². The number of hydrogen-bond donors (Lipinski definition) is 1. The monoisotopic (exact) mass is 367 g/mol. The summed E-state index contributed by atoms with van der Waals surface area (Å²) in [6.07, 6.45) is 3.34. The summed E-state index contributed by atoms with van der Waals surface area (Å²) >= 11 is 1.89. The maximum absolute atomic E-state index is 12.3. The summed E-state index contributed by atoms with van der Waals surface area (Å²) in [4.78, 5) is 17.3. The van der Waals surface area contributed by atoms with Gasteiger partial charge in [0.05, 0.1) is 16.6 Å². The van der Waals surface area contributed by atoms with Gasteiger partial charge in [-0.1, -0.05) is 17.0 Å². The smallest absolute Gasteiger partial charge is 0.288 e. The number of carbonyl (C=O) groups is 1. The summed E-state index contributed by atoms with van der Waals surface area (Å²) in [6.45, 7) is -0.000655. The molecule has 0 unspecified atom stereocenters. The standard InChI is InChI=1S/C14H11F2N5OS2/c15-14(16)24-10-3-1-9(2-4-10)18-13(22)7-21-6-11(19-20-21)12-5-17-8-23-12/h1-6,8,14H,7H2,(H,18,22). The fourth-order valence-electron chi connectivity index (χ4n) is 1.90. The van der Waals surface area contributed by atoms with E-state index in [-0.39, 0.29) is 12.5 Å². The van der Waals surface area contributed by atoms with E-state index >= 15 is 0 Å². The first-order valence-electron chi connectivity index (χ1n) is 6.74. The average Bonchev–Trinajstić information content (AvgIpc) is 3.19. The number of anilines is 1. The summed E-state index contributed by atoms with van der Waals surface area (Å²) in [5.74, 6) is -2.75. The van der Waals surface area contributed by atoms with Crippen LogP contribution in [0.15, 0.2) is 47.1 Å². The Morgan fingerprint density at radius 1 is 1.33 bits per heavy atom. The van der Waals surface area contributed by atoms with Gasteiger partial charge in [-0.25, -0.2) is 4.68 Å². The third kappa shape index (κ3) is 4.36. The van der Waals surface area contributed by atoms with Crippen LogP contribution in [0, 0.1) is 0 Å². The summed E-state index contributed by atoms with van der Waals surface area (Å²) in [7, 11) is 0. The molecule has 0 atom stereocenters. The molecule has 0 radical (unpaired) electrons. The Hall–Kier alpha value is -2.33. The predicted molar refractivity (Wildman–Crippen MR) is 88.1 cm³/mol. The van der Waals surface area contributed by atoms with Gasteiger partial charge in [0.15, 0.2) is 0 Å². The first-order valence-corrected chi connectivity index (χ1v) is 8.50. The quantitative estimate of drug-likeness (QED) is 0.677. The molecule has 1 amide bonds. The van der Waals surface area contributed by atoms with Gasteiger partial charge in [0.25, 0.3) is 5.76 Å². The van der Waals surface area contributed by atoms with Gasteiger partial charge in [-0.2, -0.15) is 8.78 Å². The Morgan fingerprint density at radius 2 is 2.12 bits per heavy atom. The van der Waals surface area contributed by atoms with E-state index in [1.165, 1.54) is 28.2 Å². The number of aromatic nitrogens is 4. The second-order valence-electron chi connectivity index (χ2n) is 4.62. The molecule has 124 valence electrons. The van der Waals surface area contributed by atoms with Crippen LogP contribution in [0.25, 0.3) is 10.6 Å². The Morgan fingerprint density at radius 3 is 2.79 bits per heavy atom. The maximum atomic E-state index is 12.3. The largest absolute Gasteiger partial charge is 0.324 e. The fraction of sp³-hybridized carbons (Fsp3) is 0.143. The van der Waals surface area contributed by atoms with Crippen molar-refractivity contribution in [3.63, 3.8) is 0 Å². The highest BCUT2D eigenvalue weighted by atomic mass is 32.2. The van der Waals surface area contributed by atoms with E-state index in [0.29, 0.717) is 28.0 Å². The number of alkyl halides is 2. The number of carbonyl (C=O) groups excluding carboxylic acids is 1. The van der Waals surface area contributed by atoms with Crippen molar-refractivity contribution in [2.24, 2.45) is 0 Å². The van der Waals surface area contributed by atoms with Crippen molar-refractivity contribution in [2.45, 2.75) is 17.2 Å². The third-order valence-electron chi connectivity index (χ3n) is 2.89. The van der Waals surface area contributed by atoms with Crippen LogP contribution in [0.4, 0.5) is 14.5 Å². The number of halogens is 2. The lowest BCUT2D eigenvalue weighted by Crippen LogP contribution is -2.19. The normalized spacial score (nSPS) is 11.0. The van der Waals surface area contributed by atoms with Gasteiger partial charge in [-0.15, -0.1) is 16.4 Å². The highest BCUT2D eigenvalue weighted by Crippen LogP contribution is 2.26. The molecule has 24 heavy (non-hydrogen) atoms. The van der Waals surface area contributed by atoms with Crippen LogP contribution < -0.4 is 5.32 Å². The first-order chi connectivity index (χ1) is 11.6. The van der Waals surface area contributed by atoms with Crippen LogP contribution in [-0.2, 0) is 11.3 Å². The molecular weight excluding hydrogens is 356 g/mol. The minimum Gasteiger partial charge on any atom is -0.324 e. The molecule has 0 spiro atoms. The fourth-order valence-corrected chi connectivity index (χ4v) is 2.97. The third-order valence-corrected chi connectivity index (χ3v) is 4.41. The van der Waals surface area contributed by atoms with E-state index in [1.807, 2.05) is 0 Å². The van der Waals surface area contributed by atoms with Gasteiger partial charge >= 0.3 is 0 Å². The summed E-state index contributed by atoms with van der Waals surface area (Å²) in [5.41, 5.74) is 2.87. The van der Waals surface area contributed by atoms with Gasteiger partial charge in [0, 0.05) is 16.8 Å². The number of rotatable bonds is 6. The molecule has 0 aliphatic carbocycles. The van der Waals surface area contributed by atoms with Crippen molar-refractivity contribution >= 4 is 34.7 Å². The zero-order valence-electron chi connectivity index (χ0n) is 12.1. The van der Waals surface area contributed by atoms with Crippen molar-refractivity contribution in [3.8, 4) is 10.6 Å². The van der Waals surface area contributed by atoms with Crippen molar-refractivity contribution in [1.29, 1.82) is 0 Å². The molecule has 0 bridgehead atoms. The van der Waals surface area contributed by atoms with Crippen LogP contribution >= 0.6 is 23.1 Å². The molecular formula is C14H11F2N5OS2. The van der Waals surface area contributed by atoms with Crippen molar-refractivity contribution in [3.05, 3.63) is 42.2 Å². The van der Waals surface area contributed by atoms with E-state index in [1.54, 1.807) is 30.0 Å². The number of thioether (sulfide) groups is 1. The van der Waals surface area contributed by atoms with Crippen LogP contribution in [0.2, 0.25) is 0 Å². The molecule has 2 aromatic heterocycles. The SMILES string of the molecule is O=C(Cn1cc(-c2cncs2)nn1)Nc1ccc(SC(F)F)cc1. The number of amides is 1. The molecule has 6 nitrogen and oxygen atoms in total. The highest BCUT2D eigenvalue weighted by molar-refractivity contribution is 7.99. The molecule has 10 heteroatoms. The Labute approximate surface area is 143 Å². The molecule has 0 aliphatic rings. The lowest BCUT2D eigenvalue weighted by molar-refractivity contribution is -0.116. The minimum atomic E-state index is -2.47. The molecule has 0 saturated heterocycles. The predicted octanol–water partition coefficient (Wildman–Crippen LogP) is 3.36. The second-order valence-corrected chi connectivity index (χ2v) is 6.57. The summed E-state index contributed by atoms with van der Waals surface area (Å²) in [6, 6.07) is 6.22. The van der Waals surface area contributed by atoms with Crippen molar-refractivity contribution in [2.75, 3.05) is 5.32 Å². The molecule has 3 rings (SSSR count). The number of thiazole rings is 1. The zero-order chi connectivity index (χ0) is 16.9. The molecule has 2 heterocycles. The van der Waals surface area contributed by atoms with E-state index in [4.69, 9.17) is 0 Å². The summed E-state index contributed by atoms with van der Waals surface area (Å²) in [5, 5.41) is 10.6. The lowest BCUT2D eigenvalue weighted by atomic mass is 10.3. The number of nitrogens with zero attached hydrogens (tertiary/aromatic N) is 4. The average molecular weight is 367 g/mol. The molecule has 1 N–H and O–H groups in total. The van der Waals surface area contributed by atoms with Crippen LogP contribution in [0.3, 0.4) is 0 Å². The Balaban J connectivity index is 1.57. The first kappa shape index (κ1) is 16.5. The number of nitrogens with one attached hydrogen (secondary N) is 1. The van der Waals surface area contributed by atoms with Crippen LogP contribution in [0.5, 0.6) is 0 Å². The van der Waals surface area contributed by atoms with Gasteiger partial charge in [0.1, 0.15) is 12.2 Å².